The summed E-state index contributed by atoms with van der Waals surface area (Å²) in [7, 11) is 0. The normalized spacial score (nSPS) is 30.2. The molecule has 1 aliphatic carbocycles. The molecule has 1 saturated carbocycles. The number of hydrogen-bond acceptors (Lipinski definition) is 22. The van der Waals surface area contributed by atoms with Crippen LogP contribution in [0.2, 0.25) is 0 Å². The van der Waals surface area contributed by atoms with Crippen molar-refractivity contribution < 1.29 is 110 Å². The SMILES string of the molecule is C=C1[C@H]2[C@H](O[C@@H]3O[C@H](COC(C)=O)[C@@H](OC(C)=O)[C@H](OC(C)=O)[C@H]3O[C@@H]3OC[C@@](COC(=O)/C(C)=C/CCC(C)CCOC(C)=O)(OC(C)=O)[C@H]3OC(C)=O)OC=C(C(=O)O)[C@H]2C[C@@H]1OC(C)=O. The molecule has 23 nitrogen and oxygen atoms in total. The van der Waals surface area contributed by atoms with Gasteiger partial charge < -0.3 is 66.7 Å². The van der Waals surface area contributed by atoms with Gasteiger partial charge in [-0.2, -0.15) is 0 Å². The van der Waals surface area contributed by atoms with E-state index in [2.05, 4.69) is 6.58 Å². The summed E-state index contributed by atoms with van der Waals surface area (Å²) in [5.74, 6) is -9.48. The molecule has 68 heavy (non-hydrogen) atoms. The van der Waals surface area contributed by atoms with E-state index in [1.54, 1.807) is 6.08 Å². The number of hydrogen-bond donors (Lipinski definition) is 1. The van der Waals surface area contributed by atoms with E-state index in [0.717, 1.165) is 47.8 Å². The highest BCUT2D eigenvalue weighted by atomic mass is 16.8. The fraction of sp³-hybridized carbons (Fsp3) is 0.667. The standard InChI is InChI=1S/C45H60O23/c1-21(14-15-56-24(4)46)12-11-13-22(2)41(55)59-19-45(68-30(10)52)20-60-44(39(45)64-29(9)51)66-38-37(63-28(8)50)36(62-27(7)49)34(18-57-25(5)47)65-43(38)67-42-35-23(3)33(61-26(6)48)16-31(35)32(17-58-42)40(53)54/h13,17,21,31,33-39,42-44H,3,11-12,14-16,18-20H2,1-2,4-10H3,(H,53,54)/b22-13+/t21?,31-,33+,34-,35-,36-,37+,38-,39+,42+,43+,44+,45-/m1/s1. The third kappa shape index (κ3) is 14.8. The van der Waals surface area contributed by atoms with Crippen molar-refractivity contribution in [3.63, 3.8) is 0 Å². The number of carbonyl (C=O) groups excluding carboxylic acids is 8. The number of ether oxygens (including phenoxy) is 13. The zero-order valence-corrected chi connectivity index (χ0v) is 39.4. The van der Waals surface area contributed by atoms with E-state index in [1.165, 1.54) is 13.8 Å². The Hall–Kier alpha value is -5.91. The molecule has 2 saturated heterocycles. The Morgan fingerprint density at radius 2 is 1.38 bits per heavy atom. The maximum absolute atomic E-state index is 13.3. The summed E-state index contributed by atoms with van der Waals surface area (Å²) in [6, 6.07) is 0. The Morgan fingerprint density at radius 1 is 0.750 bits per heavy atom. The summed E-state index contributed by atoms with van der Waals surface area (Å²) in [6.07, 6.45) is -10.2. The van der Waals surface area contributed by atoms with Crippen molar-refractivity contribution >= 4 is 53.7 Å². The van der Waals surface area contributed by atoms with Gasteiger partial charge in [-0.25, -0.2) is 9.59 Å². The largest absolute Gasteiger partial charge is 0.478 e. The molecule has 378 valence electrons. The van der Waals surface area contributed by atoms with Crippen molar-refractivity contribution in [2.45, 2.75) is 149 Å². The molecule has 0 spiro atoms. The summed E-state index contributed by atoms with van der Waals surface area (Å²) in [4.78, 5) is 112. The average molecular weight is 969 g/mol. The minimum Gasteiger partial charge on any atom is -0.478 e. The van der Waals surface area contributed by atoms with Crippen molar-refractivity contribution in [3.8, 4) is 0 Å². The fourth-order valence-electron chi connectivity index (χ4n) is 8.20. The van der Waals surface area contributed by atoms with Crippen LogP contribution >= 0.6 is 0 Å². The van der Waals surface area contributed by atoms with Gasteiger partial charge in [0, 0.05) is 60.0 Å². The minimum absolute atomic E-state index is 0.0219. The molecule has 1 unspecified atom stereocenters. The molecule has 4 aliphatic rings. The molecular weight excluding hydrogens is 908 g/mol. The topological polar surface area (TPSA) is 294 Å². The van der Waals surface area contributed by atoms with Crippen LogP contribution in [0.3, 0.4) is 0 Å². The third-order valence-corrected chi connectivity index (χ3v) is 11.2. The Kier molecular flexibility index (Phi) is 19.6. The number of carbonyl (C=O) groups is 9. The van der Waals surface area contributed by atoms with Gasteiger partial charge in [0.05, 0.1) is 31.0 Å². The number of fused-ring (bicyclic) bond motifs is 1. The van der Waals surface area contributed by atoms with Crippen molar-refractivity contribution in [2.75, 3.05) is 26.4 Å². The van der Waals surface area contributed by atoms with Crippen LogP contribution in [0.15, 0.2) is 35.6 Å². The van der Waals surface area contributed by atoms with E-state index in [1.807, 2.05) is 6.92 Å². The van der Waals surface area contributed by atoms with Crippen molar-refractivity contribution in [3.05, 3.63) is 35.6 Å². The highest BCUT2D eigenvalue weighted by Gasteiger charge is 2.61. The first-order chi connectivity index (χ1) is 31.9. The molecule has 3 aliphatic heterocycles. The zero-order chi connectivity index (χ0) is 50.6. The van der Waals surface area contributed by atoms with Gasteiger partial charge in [-0.05, 0) is 44.1 Å². The van der Waals surface area contributed by atoms with Crippen LogP contribution in [0, 0.1) is 17.8 Å². The Balaban J connectivity index is 1.73. The maximum atomic E-state index is 13.3. The maximum Gasteiger partial charge on any atom is 0.334 e. The summed E-state index contributed by atoms with van der Waals surface area (Å²) in [5.41, 5.74) is -1.87. The quantitative estimate of drug-likeness (QED) is 0.0748. The third-order valence-electron chi connectivity index (χ3n) is 11.2. The molecule has 0 aromatic rings. The Labute approximate surface area is 391 Å². The monoisotopic (exact) mass is 968 g/mol. The summed E-state index contributed by atoms with van der Waals surface area (Å²) >= 11 is 0. The smallest absolute Gasteiger partial charge is 0.334 e. The van der Waals surface area contributed by atoms with Crippen LogP contribution in [0.25, 0.3) is 0 Å². The van der Waals surface area contributed by atoms with Gasteiger partial charge in [0.15, 0.2) is 37.0 Å². The molecule has 3 fully saturated rings. The van der Waals surface area contributed by atoms with Gasteiger partial charge in [0.25, 0.3) is 0 Å². The van der Waals surface area contributed by atoms with E-state index in [0.29, 0.717) is 19.3 Å². The van der Waals surface area contributed by atoms with Crippen molar-refractivity contribution in [1.82, 2.24) is 0 Å². The molecule has 0 amide bonds. The lowest BCUT2D eigenvalue weighted by atomic mass is 9.85. The van der Waals surface area contributed by atoms with Crippen LogP contribution < -0.4 is 0 Å². The lowest BCUT2D eigenvalue weighted by molar-refractivity contribution is -0.364. The van der Waals surface area contributed by atoms with Crippen molar-refractivity contribution in [2.24, 2.45) is 17.8 Å². The van der Waals surface area contributed by atoms with Crippen molar-refractivity contribution in [1.29, 1.82) is 0 Å². The van der Waals surface area contributed by atoms with Crippen LogP contribution in [-0.2, 0) is 105 Å². The molecule has 23 heteroatoms. The molecule has 3 heterocycles. The second-order valence-electron chi connectivity index (χ2n) is 16.8. The average Bonchev–Trinajstić information content (AvgIpc) is 3.72. The predicted molar refractivity (Wildman–Crippen MR) is 223 cm³/mol. The summed E-state index contributed by atoms with van der Waals surface area (Å²) in [5, 5.41) is 10.1. The van der Waals surface area contributed by atoms with E-state index in [-0.39, 0.29) is 41.6 Å². The van der Waals surface area contributed by atoms with Gasteiger partial charge >= 0.3 is 53.7 Å². The molecule has 1 N–H and O–H groups in total. The van der Waals surface area contributed by atoms with E-state index in [9.17, 15) is 48.3 Å². The summed E-state index contributed by atoms with van der Waals surface area (Å²) in [6.45, 7) is 13.5. The number of esters is 8. The van der Waals surface area contributed by atoms with Gasteiger partial charge in [-0.15, -0.1) is 0 Å². The predicted octanol–water partition coefficient (Wildman–Crippen LogP) is 2.44. The molecule has 4 rings (SSSR count). The van der Waals surface area contributed by atoms with E-state index in [4.69, 9.17) is 61.6 Å². The van der Waals surface area contributed by atoms with Crippen LogP contribution in [-0.4, -0.2) is 146 Å². The molecule has 0 radical (unpaired) electrons. The molecule has 0 aromatic heterocycles. The van der Waals surface area contributed by atoms with Crippen LogP contribution in [0.5, 0.6) is 0 Å². The first-order valence-electron chi connectivity index (χ1n) is 21.8. The lowest BCUT2D eigenvalue weighted by Gasteiger charge is -2.46. The Morgan fingerprint density at radius 3 is 1.97 bits per heavy atom. The summed E-state index contributed by atoms with van der Waals surface area (Å²) < 4.78 is 74.9. The lowest BCUT2D eigenvalue weighted by Crippen LogP contribution is -2.64. The highest BCUT2D eigenvalue weighted by molar-refractivity contribution is 5.88. The van der Waals surface area contributed by atoms with E-state index < -0.39 is 141 Å². The molecule has 0 aromatic carbocycles. The second-order valence-corrected chi connectivity index (χ2v) is 16.8. The zero-order valence-electron chi connectivity index (χ0n) is 39.4. The van der Waals surface area contributed by atoms with Gasteiger partial charge in [-0.3, -0.25) is 33.6 Å². The number of aliphatic carboxylic acids is 1. The van der Waals surface area contributed by atoms with Gasteiger partial charge in [0.2, 0.25) is 11.9 Å². The first kappa shape index (κ1) is 54.7. The molecule has 13 atom stereocenters. The van der Waals surface area contributed by atoms with E-state index >= 15 is 0 Å². The Bertz CT molecular complexity index is 1990. The first-order valence-corrected chi connectivity index (χ1v) is 21.8. The number of carboxylic acids is 1. The number of carboxylic acid groups (broad SMARTS) is 1. The van der Waals surface area contributed by atoms with Crippen LogP contribution in [0.4, 0.5) is 0 Å². The highest BCUT2D eigenvalue weighted by Crippen LogP contribution is 2.48. The minimum atomic E-state index is -2.08. The molecule has 0 bridgehead atoms. The second kappa shape index (κ2) is 24.4. The fourth-order valence-corrected chi connectivity index (χ4v) is 8.20. The van der Waals surface area contributed by atoms with Gasteiger partial charge in [0.1, 0.15) is 25.4 Å². The van der Waals surface area contributed by atoms with Gasteiger partial charge in [-0.1, -0.05) is 19.6 Å². The number of rotatable bonds is 21. The van der Waals surface area contributed by atoms with Crippen LogP contribution in [0.1, 0.15) is 88.0 Å². The molecular formula is C45H60O23. The number of allylic oxidation sites excluding steroid dienone is 1.